The van der Waals surface area contributed by atoms with E-state index in [1.165, 1.54) is 137 Å². The number of ketones is 1. The van der Waals surface area contributed by atoms with Gasteiger partial charge in [0.15, 0.2) is 5.78 Å². The van der Waals surface area contributed by atoms with Crippen molar-refractivity contribution in [2.45, 2.75) is 44.7 Å². The molecule has 10 heterocycles. The van der Waals surface area contributed by atoms with E-state index in [0.29, 0.717) is 34.1 Å². The number of primary amides is 1. The summed E-state index contributed by atoms with van der Waals surface area (Å²) in [5, 5.41) is 14.5. The second kappa shape index (κ2) is 31.9. The van der Waals surface area contributed by atoms with E-state index in [0.717, 1.165) is 36.4 Å². The molecule has 0 fully saturated rings. The number of carbonyl (C=O) groups excluding carboxylic acids is 5. The molecule has 3 aliphatic heterocycles. The zero-order chi connectivity index (χ0) is 75.7. The molecule has 0 bridgehead atoms. The van der Waals surface area contributed by atoms with E-state index in [4.69, 9.17) is 69.5 Å². The normalized spacial score (nSPS) is 16.1. The van der Waals surface area contributed by atoms with Crippen LogP contribution < -0.4 is 60.3 Å². The molecule has 104 heavy (non-hydrogen) atoms. The van der Waals surface area contributed by atoms with Gasteiger partial charge in [-0.1, -0.05) is 58.0 Å². The van der Waals surface area contributed by atoms with Gasteiger partial charge in [0.2, 0.25) is 0 Å². The smallest absolute Gasteiger partial charge is 0.277 e. The number of nitrogens with zero attached hydrogens (tertiary/aromatic N) is 9. The van der Waals surface area contributed by atoms with Crippen LogP contribution in [0.2, 0.25) is 25.1 Å². The molecular weight excluding hydrogens is 1470 g/mol. The van der Waals surface area contributed by atoms with Gasteiger partial charge in [0, 0.05) is 62.0 Å². The SMILES string of the molecule is CC(=O)c1cc(F)cc(F)c1.CC1(c2cc(F)cc(Cl)c2)NC(=O)c2ccc(Cl)c(=O)n21.CC1(c2cc(F)cc(Cl)c2)NC(=O)c2ccc(Nc3ccncn3)c(=O)n21.CC1(c2cc(F)cc(Cl)c2)NC(=O)c2ccc(Nc3ccncn3)c(=O)n21.NC(=O)c1ccc(Cl)c(=O)[nH]1.Nc1ccncn1. The number of nitrogens with one attached hydrogen (secondary N) is 6. The summed E-state index contributed by atoms with van der Waals surface area (Å²) in [5.74, 6) is -4.13. The van der Waals surface area contributed by atoms with E-state index >= 15 is 0 Å². The molecule has 0 spiro atoms. The number of amides is 4. The number of aromatic nitrogens is 10. The lowest BCUT2D eigenvalue weighted by Gasteiger charge is -2.28. The number of rotatable bonds is 9. The largest absolute Gasteiger partial charge is 0.384 e. The van der Waals surface area contributed by atoms with Crippen LogP contribution in [0, 0.1) is 29.1 Å². The number of nitrogen functional groups attached to an aromatic ring is 1. The fourth-order valence-electron chi connectivity index (χ4n) is 10.4. The van der Waals surface area contributed by atoms with Gasteiger partial charge >= 0.3 is 0 Å². The first-order chi connectivity index (χ1) is 49.2. The van der Waals surface area contributed by atoms with Gasteiger partial charge in [-0.25, -0.2) is 51.9 Å². The minimum absolute atomic E-state index is 0.0241. The summed E-state index contributed by atoms with van der Waals surface area (Å²) >= 11 is 29.0. The molecule has 10 N–H and O–H groups in total. The van der Waals surface area contributed by atoms with Gasteiger partial charge < -0.3 is 43.0 Å². The van der Waals surface area contributed by atoms with Crippen LogP contribution in [0.15, 0.2) is 196 Å². The molecule has 26 nitrogen and oxygen atoms in total. The molecular formula is C68H51Cl5F5N17O9. The number of halogens is 10. The summed E-state index contributed by atoms with van der Waals surface area (Å²) in [4.78, 5) is 132. The maximum Gasteiger partial charge on any atom is 0.277 e. The summed E-state index contributed by atoms with van der Waals surface area (Å²) in [5.41, 5.74) is 6.34. The molecule has 3 aliphatic rings. The highest BCUT2D eigenvalue weighted by Gasteiger charge is 2.45. The van der Waals surface area contributed by atoms with E-state index in [2.05, 4.69) is 61.5 Å². The number of benzene rings is 4. The Hall–Kier alpha value is -12.0. The number of Topliss-reactive ketones (excluding diaryl/α,β-unsaturated/α-hetero) is 1. The van der Waals surface area contributed by atoms with Crippen LogP contribution in [-0.4, -0.2) is 78.0 Å². The Morgan fingerprint density at radius 3 is 1.14 bits per heavy atom. The lowest BCUT2D eigenvalue weighted by atomic mass is 10.0. The first kappa shape index (κ1) is 76.2. The number of hydrogen-bond donors (Lipinski definition) is 8. The van der Waals surface area contributed by atoms with E-state index < -0.39 is 91.9 Å². The van der Waals surface area contributed by atoms with Crippen molar-refractivity contribution in [1.29, 1.82) is 0 Å². The fourth-order valence-corrected chi connectivity index (χ4v) is 11.4. The molecule has 11 aromatic rings. The maximum atomic E-state index is 13.9. The third-order valence-electron chi connectivity index (χ3n) is 15.3. The summed E-state index contributed by atoms with van der Waals surface area (Å²) in [6, 6.07) is 30.8. The van der Waals surface area contributed by atoms with Gasteiger partial charge in [0.25, 0.3) is 45.9 Å². The summed E-state index contributed by atoms with van der Waals surface area (Å²) < 4.78 is 69.9. The van der Waals surface area contributed by atoms with Gasteiger partial charge in [-0.3, -0.25) is 56.9 Å². The van der Waals surface area contributed by atoms with Crippen LogP contribution in [-0.2, 0) is 17.0 Å². The number of H-pyrrole nitrogens is 1. The topological polar surface area (TPSA) is 374 Å². The van der Waals surface area contributed by atoms with Gasteiger partial charge in [0.05, 0.1) is 0 Å². The Morgan fingerprint density at radius 1 is 0.452 bits per heavy atom. The lowest BCUT2D eigenvalue weighted by molar-refractivity contribution is 0.0932. The molecule has 0 aliphatic carbocycles. The second-order valence-electron chi connectivity index (χ2n) is 22.5. The van der Waals surface area contributed by atoms with Crippen LogP contribution >= 0.6 is 58.0 Å². The molecule has 0 saturated carbocycles. The van der Waals surface area contributed by atoms with Gasteiger partial charge in [-0.2, -0.15) is 0 Å². The van der Waals surface area contributed by atoms with Crippen molar-refractivity contribution in [2.24, 2.45) is 5.73 Å². The van der Waals surface area contributed by atoms with Gasteiger partial charge in [0.1, 0.15) is 127 Å². The van der Waals surface area contributed by atoms with Crippen molar-refractivity contribution in [3.63, 3.8) is 0 Å². The Bertz CT molecular complexity index is 5180. The Labute approximate surface area is 607 Å². The molecule has 532 valence electrons. The molecule has 36 heteroatoms. The standard InChI is InChI=1S/2C18H13ClFN5O2.C14H9Cl2FN2O2.C8H6F2O.C6H5ClN2O2.C4H5N3/c2*1-18(10-6-11(19)8-12(20)7-10)24-16(26)14-3-2-13(17(27)25(14)18)23-15-4-5-21-9-22-15;1-14(7-4-8(15)6-9(17)5-7)18-12(20)11-3-2-10(16)13(21)19(11)14;1-5(11)6-2-7(9)4-8(10)3-6;7-3-1-2-4(5(8)10)9-6(3)11;5-4-1-2-6-3-7-4/h2*2-9H,1H3,(H,24,26)(H,21,22,23);2-6H,1H3,(H,18,20);2-4H,1H3;1-2H,(H2,8,10)(H,9,11);1-3H,(H2,5,6,7). The monoisotopic (exact) mass is 1520 g/mol. The molecule has 0 saturated heterocycles. The first-order valence-electron chi connectivity index (χ1n) is 29.7. The highest BCUT2D eigenvalue weighted by Crippen LogP contribution is 2.35. The van der Waals surface area contributed by atoms with Gasteiger partial charge in [-0.15, -0.1) is 0 Å². The van der Waals surface area contributed by atoms with Crippen molar-refractivity contribution >= 4 is 116 Å². The van der Waals surface area contributed by atoms with Crippen molar-refractivity contribution in [3.8, 4) is 0 Å². The molecule has 3 atom stereocenters. The predicted octanol–water partition coefficient (Wildman–Crippen LogP) is 10.4. The van der Waals surface area contributed by atoms with Crippen molar-refractivity contribution in [1.82, 2.24) is 64.5 Å². The maximum absolute atomic E-state index is 13.9. The van der Waals surface area contributed by atoms with E-state index in [1.54, 1.807) is 45.2 Å². The Morgan fingerprint density at radius 2 is 0.817 bits per heavy atom. The minimum atomic E-state index is -1.29. The number of aromatic amines is 1. The average molecular weight is 1520 g/mol. The third kappa shape index (κ3) is 17.3. The van der Waals surface area contributed by atoms with E-state index in [-0.39, 0.29) is 70.6 Å². The summed E-state index contributed by atoms with van der Waals surface area (Å²) in [7, 11) is 0. The number of nitrogens with two attached hydrogens (primary N) is 2. The molecule has 4 amide bonds. The number of hydrogen-bond acceptors (Lipinski definition) is 18. The van der Waals surface area contributed by atoms with Gasteiger partial charge in [-0.05, 0) is 161 Å². The number of pyridine rings is 4. The van der Waals surface area contributed by atoms with Crippen molar-refractivity contribution in [3.05, 3.63) is 318 Å². The fraction of sp³-hybridized carbons (Fsp3) is 0.103. The van der Waals surface area contributed by atoms with Crippen LogP contribution in [0.5, 0.6) is 0 Å². The zero-order valence-corrected chi connectivity index (χ0v) is 57.7. The molecule has 0 radical (unpaired) electrons. The number of fused-ring (bicyclic) bond motifs is 3. The highest BCUT2D eigenvalue weighted by atomic mass is 35.5. The van der Waals surface area contributed by atoms with Crippen molar-refractivity contribution in [2.75, 3.05) is 16.4 Å². The van der Waals surface area contributed by atoms with E-state index in [1.807, 2.05) is 0 Å². The second-order valence-corrected chi connectivity index (χ2v) is 24.6. The molecule has 3 unspecified atom stereocenters. The molecule has 14 rings (SSSR count). The number of carbonyl (C=O) groups is 5. The van der Waals surface area contributed by atoms with E-state index in [9.17, 15) is 65.1 Å². The third-order valence-corrected chi connectivity index (χ3v) is 16.5. The zero-order valence-electron chi connectivity index (χ0n) is 53.9. The van der Waals surface area contributed by atoms with Crippen LogP contribution in [0.1, 0.15) is 96.7 Å². The minimum Gasteiger partial charge on any atom is -0.384 e. The summed E-state index contributed by atoms with van der Waals surface area (Å²) in [6.45, 7) is 6.07. The van der Waals surface area contributed by atoms with Crippen LogP contribution in [0.25, 0.3) is 0 Å². The van der Waals surface area contributed by atoms with Crippen molar-refractivity contribution < 1.29 is 45.9 Å². The number of anilines is 5. The average Bonchev–Trinajstić information content (AvgIpc) is 1.59. The quantitative estimate of drug-likeness (QED) is 0.0492. The Kier molecular flexibility index (Phi) is 23.3. The predicted molar refractivity (Wildman–Crippen MR) is 376 cm³/mol. The molecule has 7 aromatic heterocycles. The summed E-state index contributed by atoms with van der Waals surface area (Å²) in [6.07, 6.45) is 8.76. The molecule has 4 aromatic carbocycles. The Balaban J connectivity index is 0.000000153. The van der Waals surface area contributed by atoms with Crippen LogP contribution in [0.3, 0.4) is 0 Å². The van der Waals surface area contributed by atoms with Crippen LogP contribution in [0.4, 0.5) is 50.8 Å². The highest BCUT2D eigenvalue weighted by molar-refractivity contribution is 6.32. The first-order valence-corrected chi connectivity index (χ1v) is 31.6. The lowest BCUT2D eigenvalue weighted by Crippen LogP contribution is -2.46.